The van der Waals surface area contributed by atoms with Crippen LogP contribution in [0, 0.1) is 5.92 Å². The standard InChI is InChI=1S/C11H6Cl4OS/c12-10(13)7-5-3-1-2-4-6(5)17-9(16)8(7)11(10,14)15/h1-4,7-8H/t7-,8-/m0/s1. The van der Waals surface area contributed by atoms with Gasteiger partial charge in [-0.15, -0.1) is 0 Å². The first-order valence-electron chi connectivity index (χ1n) is 4.93. The number of hydrogen-bond donors (Lipinski definition) is 0. The highest BCUT2D eigenvalue weighted by atomic mass is 35.5. The van der Waals surface area contributed by atoms with Crippen molar-refractivity contribution in [3.63, 3.8) is 0 Å². The Balaban J connectivity index is 2.16. The number of carbonyl (C=O) groups excluding carboxylic acids is 1. The lowest BCUT2D eigenvalue weighted by Crippen LogP contribution is -2.65. The highest BCUT2D eigenvalue weighted by molar-refractivity contribution is 8.13. The first-order valence-corrected chi connectivity index (χ1v) is 7.26. The quantitative estimate of drug-likeness (QED) is 0.658. The minimum Gasteiger partial charge on any atom is -0.286 e. The Morgan fingerprint density at radius 2 is 1.59 bits per heavy atom. The largest absolute Gasteiger partial charge is 0.286 e. The van der Waals surface area contributed by atoms with E-state index in [4.69, 9.17) is 46.4 Å². The Morgan fingerprint density at radius 1 is 1.00 bits per heavy atom. The third-order valence-corrected chi connectivity index (χ3v) is 6.84. The predicted octanol–water partition coefficient (Wildman–Crippen LogP) is 4.38. The molecule has 0 unspecified atom stereocenters. The number of rotatable bonds is 0. The van der Waals surface area contributed by atoms with E-state index in [1.54, 1.807) is 0 Å². The fourth-order valence-electron chi connectivity index (χ4n) is 2.40. The van der Waals surface area contributed by atoms with Crippen molar-refractivity contribution in [1.82, 2.24) is 0 Å². The van der Waals surface area contributed by atoms with Crippen molar-refractivity contribution < 1.29 is 4.79 Å². The molecular weight excluding hydrogens is 322 g/mol. The van der Waals surface area contributed by atoms with Crippen molar-refractivity contribution in [1.29, 1.82) is 0 Å². The molecule has 90 valence electrons. The molecule has 1 aromatic carbocycles. The van der Waals surface area contributed by atoms with Gasteiger partial charge in [-0.25, -0.2) is 0 Å². The molecule has 1 aliphatic heterocycles. The molecule has 0 amide bonds. The van der Waals surface area contributed by atoms with Gasteiger partial charge in [-0.05, 0) is 11.6 Å². The molecule has 2 aliphatic rings. The van der Waals surface area contributed by atoms with Crippen molar-refractivity contribution >= 4 is 63.3 Å². The van der Waals surface area contributed by atoms with E-state index < -0.39 is 14.6 Å². The molecule has 1 aliphatic carbocycles. The molecule has 0 spiro atoms. The van der Waals surface area contributed by atoms with E-state index in [1.807, 2.05) is 24.3 Å². The summed E-state index contributed by atoms with van der Waals surface area (Å²) in [4.78, 5) is 12.9. The third kappa shape index (κ3) is 1.45. The summed E-state index contributed by atoms with van der Waals surface area (Å²) in [7, 11) is 0. The molecule has 0 aromatic heterocycles. The Morgan fingerprint density at radius 3 is 2.29 bits per heavy atom. The molecule has 1 saturated carbocycles. The van der Waals surface area contributed by atoms with Crippen LogP contribution < -0.4 is 0 Å². The van der Waals surface area contributed by atoms with E-state index in [0.717, 1.165) is 22.2 Å². The summed E-state index contributed by atoms with van der Waals surface area (Å²) < 4.78 is -2.74. The van der Waals surface area contributed by atoms with E-state index >= 15 is 0 Å². The fraction of sp³-hybridized carbons (Fsp3) is 0.364. The summed E-state index contributed by atoms with van der Waals surface area (Å²) in [6.45, 7) is 0. The summed E-state index contributed by atoms with van der Waals surface area (Å²) in [5, 5.41) is -0.0735. The maximum atomic E-state index is 12.0. The van der Waals surface area contributed by atoms with Gasteiger partial charge in [-0.1, -0.05) is 76.4 Å². The number of hydrogen-bond acceptors (Lipinski definition) is 2. The topological polar surface area (TPSA) is 17.1 Å². The lowest BCUT2D eigenvalue weighted by Gasteiger charge is -2.57. The maximum Gasteiger partial charge on any atom is 0.200 e. The summed E-state index contributed by atoms with van der Waals surface area (Å²) in [5.41, 5.74) is 0.948. The molecule has 1 aromatic rings. The monoisotopic (exact) mass is 326 g/mol. The van der Waals surface area contributed by atoms with Gasteiger partial charge in [-0.2, -0.15) is 0 Å². The first kappa shape index (κ1) is 12.4. The Hall–Kier alpha value is 0.400. The second-order valence-corrected chi connectivity index (χ2v) is 7.98. The van der Waals surface area contributed by atoms with Crippen LogP contribution in [-0.2, 0) is 4.79 Å². The zero-order valence-electron chi connectivity index (χ0n) is 8.29. The molecular formula is C11H6Cl4OS. The molecule has 0 saturated heterocycles. The van der Waals surface area contributed by atoms with Gasteiger partial charge in [0, 0.05) is 10.8 Å². The van der Waals surface area contributed by atoms with Crippen molar-refractivity contribution in [3.8, 4) is 0 Å². The molecule has 1 heterocycles. The summed E-state index contributed by atoms with van der Waals surface area (Å²) in [6.07, 6.45) is 0. The SMILES string of the molecule is O=C1Sc2ccccc2[C@H]2[C@@H]1C(Cl)(Cl)C2(Cl)Cl. The lowest BCUT2D eigenvalue weighted by atomic mass is 9.68. The third-order valence-electron chi connectivity index (χ3n) is 3.28. The summed E-state index contributed by atoms with van der Waals surface area (Å²) >= 11 is 25.8. The molecule has 17 heavy (non-hydrogen) atoms. The maximum absolute atomic E-state index is 12.0. The van der Waals surface area contributed by atoms with Gasteiger partial charge in [0.2, 0.25) is 5.12 Å². The minimum absolute atomic E-state index is 0.0735. The van der Waals surface area contributed by atoms with Gasteiger partial charge >= 0.3 is 0 Å². The number of carbonyl (C=O) groups is 1. The van der Waals surface area contributed by atoms with Crippen LogP contribution in [0.4, 0.5) is 0 Å². The van der Waals surface area contributed by atoms with E-state index in [9.17, 15) is 4.79 Å². The van der Waals surface area contributed by atoms with Crippen LogP contribution in [0.3, 0.4) is 0 Å². The van der Waals surface area contributed by atoms with Crippen LogP contribution in [0.25, 0.3) is 0 Å². The van der Waals surface area contributed by atoms with Crippen LogP contribution in [-0.4, -0.2) is 13.8 Å². The predicted molar refractivity (Wildman–Crippen MR) is 72.4 cm³/mol. The Labute approximate surface area is 123 Å². The van der Waals surface area contributed by atoms with Gasteiger partial charge in [0.25, 0.3) is 0 Å². The molecule has 3 rings (SSSR count). The fourth-order valence-corrected chi connectivity index (χ4v) is 5.05. The number of halogens is 4. The zero-order valence-corrected chi connectivity index (χ0v) is 12.1. The van der Waals surface area contributed by atoms with Gasteiger partial charge in [0.1, 0.15) is 0 Å². The van der Waals surface area contributed by atoms with Crippen molar-refractivity contribution in [2.24, 2.45) is 5.92 Å². The highest BCUT2D eigenvalue weighted by Crippen LogP contribution is 2.72. The molecule has 1 nitrogen and oxygen atoms in total. The molecule has 1 fully saturated rings. The number of benzene rings is 1. The molecule has 0 radical (unpaired) electrons. The number of thioether (sulfide) groups is 1. The van der Waals surface area contributed by atoms with Crippen LogP contribution in [0.5, 0.6) is 0 Å². The Kier molecular flexibility index (Phi) is 2.71. The lowest BCUT2D eigenvalue weighted by molar-refractivity contribution is -0.118. The van der Waals surface area contributed by atoms with Gasteiger partial charge in [0.15, 0.2) is 8.67 Å². The molecule has 6 heteroatoms. The smallest absolute Gasteiger partial charge is 0.200 e. The minimum atomic E-state index is -1.42. The molecule has 0 bridgehead atoms. The van der Waals surface area contributed by atoms with Crippen molar-refractivity contribution in [2.75, 3.05) is 0 Å². The van der Waals surface area contributed by atoms with E-state index in [0.29, 0.717) is 0 Å². The normalized spacial score (nSPS) is 32.4. The molecule has 0 N–H and O–H groups in total. The van der Waals surface area contributed by atoms with Gasteiger partial charge < -0.3 is 0 Å². The van der Waals surface area contributed by atoms with E-state index in [-0.39, 0.29) is 11.0 Å². The van der Waals surface area contributed by atoms with Crippen LogP contribution in [0.15, 0.2) is 29.2 Å². The second-order valence-electron chi connectivity index (χ2n) is 4.16. The average molecular weight is 328 g/mol. The first-order chi connectivity index (χ1) is 7.87. The van der Waals surface area contributed by atoms with E-state index in [1.165, 1.54) is 0 Å². The number of fused-ring (bicyclic) bond motifs is 3. The van der Waals surface area contributed by atoms with Crippen molar-refractivity contribution in [2.45, 2.75) is 19.5 Å². The van der Waals surface area contributed by atoms with Crippen molar-refractivity contribution in [3.05, 3.63) is 29.8 Å². The van der Waals surface area contributed by atoms with E-state index in [2.05, 4.69) is 0 Å². The highest BCUT2D eigenvalue weighted by Gasteiger charge is 2.74. The zero-order chi connectivity index (χ0) is 12.4. The summed E-state index contributed by atoms with van der Waals surface area (Å²) in [5.74, 6) is -0.869. The van der Waals surface area contributed by atoms with Crippen LogP contribution in [0.2, 0.25) is 0 Å². The van der Waals surface area contributed by atoms with Gasteiger partial charge in [-0.3, -0.25) is 4.79 Å². The number of alkyl halides is 4. The van der Waals surface area contributed by atoms with Crippen LogP contribution >= 0.6 is 58.2 Å². The molecule has 2 atom stereocenters. The summed E-state index contributed by atoms with van der Waals surface area (Å²) in [6, 6.07) is 7.55. The van der Waals surface area contributed by atoms with Gasteiger partial charge in [0.05, 0.1) is 5.92 Å². The Bertz CT molecular complexity index is 514. The van der Waals surface area contributed by atoms with Crippen LogP contribution in [0.1, 0.15) is 11.5 Å². The average Bonchev–Trinajstić information content (AvgIpc) is 2.26. The second kappa shape index (κ2) is 3.71.